The highest BCUT2D eigenvalue weighted by Gasteiger charge is 2.35. The molecule has 4 N–H and O–H groups in total. The van der Waals surface area contributed by atoms with Crippen molar-refractivity contribution in [2.75, 3.05) is 14.2 Å². The number of phenols is 2. The van der Waals surface area contributed by atoms with Crippen molar-refractivity contribution < 1.29 is 29.6 Å². The fraction of sp³-hybridized carbons (Fsp3) is 0.238. The lowest BCUT2D eigenvalue weighted by Gasteiger charge is -2.31. The van der Waals surface area contributed by atoms with Crippen LogP contribution < -0.4 is 5.32 Å². The van der Waals surface area contributed by atoms with Gasteiger partial charge < -0.3 is 30.1 Å². The molecular formula is C21H22N2O6. The monoisotopic (exact) mass is 398 g/mol. The van der Waals surface area contributed by atoms with Crippen LogP contribution in [0.2, 0.25) is 0 Å². The first kappa shape index (κ1) is 21.9. The molecule has 0 saturated carbocycles. The molecule has 1 amide bonds. The van der Waals surface area contributed by atoms with E-state index in [2.05, 4.69) is 5.32 Å². The molecule has 152 valence electrons. The van der Waals surface area contributed by atoms with Gasteiger partial charge in [0.15, 0.2) is 11.5 Å². The fourth-order valence-electron chi connectivity index (χ4n) is 2.57. The molecule has 0 bridgehead atoms. The second kappa shape index (κ2) is 9.71. The van der Waals surface area contributed by atoms with Gasteiger partial charge in [0.1, 0.15) is 17.7 Å². The molecule has 0 heterocycles. The number of benzene rings is 1. The fourth-order valence-corrected chi connectivity index (χ4v) is 2.57. The van der Waals surface area contributed by atoms with Crippen LogP contribution in [0.5, 0.6) is 11.5 Å². The van der Waals surface area contributed by atoms with Crippen LogP contribution >= 0.6 is 0 Å². The Hall–Kier alpha value is -3.38. The topological polar surface area (TPSA) is 132 Å². The molecular weight excluding hydrogens is 376 g/mol. The molecule has 0 saturated heterocycles. The first-order valence-electron chi connectivity index (χ1n) is 8.62. The number of hydrogen-bond donors (Lipinski definition) is 4. The first-order valence-corrected chi connectivity index (χ1v) is 8.62. The highest BCUT2D eigenvalue weighted by molar-refractivity contribution is 5.97. The summed E-state index contributed by atoms with van der Waals surface area (Å²) in [5.74, 6) is -2.68. The first-order chi connectivity index (χ1) is 13.8. The van der Waals surface area contributed by atoms with Crippen LogP contribution in [-0.2, 0) is 20.8 Å². The van der Waals surface area contributed by atoms with Crippen LogP contribution in [0, 0.1) is 11.3 Å². The van der Waals surface area contributed by atoms with Crippen molar-refractivity contribution in [1.29, 1.82) is 5.26 Å². The lowest BCUT2D eigenvalue weighted by Crippen LogP contribution is -2.43. The summed E-state index contributed by atoms with van der Waals surface area (Å²) in [5.41, 5.74) is 1.16. The molecule has 2 atom stereocenters. The Morgan fingerprint density at radius 3 is 2.72 bits per heavy atom. The molecule has 0 radical (unpaired) electrons. The Balaban J connectivity index is 2.02. The van der Waals surface area contributed by atoms with Gasteiger partial charge in [0.25, 0.3) is 5.91 Å². The second-order valence-corrected chi connectivity index (χ2v) is 6.17. The van der Waals surface area contributed by atoms with Crippen LogP contribution in [0.4, 0.5) is 0 Å². The standard InChI is InChI=1S/C21H22N2O6/c1-28-19-11-14(8-9-21(19,27)29-2)4-3-5-16(12-22)20(26)23-13-15-6-7-17(24)18(25)10-15/h3-11,19,24-25,27H,13H2,1-2H3,(H,23,26). The van der Waals surface area contributed by atoms with Crippen molar-refractivity contribution in [3.63, 3.8) is 0 Å². The van der Waals surface area contributed by atoms with Gasteiger partial charge in [0, 0.05) is 20.8 Å². The van der Waals surface area contributed by atoms with Gasteiger partial charge in [0.05, 0.1) is 0 Å². The largest absolute Gasteiger partial charge is 0.504 e. The maximum Gasteiger partial charge on any atom is 0.262 e. The number of nitriles is 1. The summed E-state index contributed by atoms with van der Waals surface area (Å²) in [7, 11) is 2.81. The summed E-state index contributed by atoms with van der Waals surface area (Å²) in [4.78, 5) is 12.2. The van der Waals surface area contributed by atoms with Crippen molar-refractivity contribution in [3.05, 3.63) is 71.4 Å². The number of carbonyl (C=O) groups is 1. The van der Waals surface area contributed by atoms with Gasteiger partial charge in [-0.05, 0) is 41.5 Å². The van der Waals surface area contributed by atoms with Crippen molar-refractivity contribution in [3.8, 4) is 17.6 Å². The highest BCUT2D eigenvalue weighted by Crippen LogP contribution is 2.25. The second-order valence-electron chi connectivity index (χ2n) is 6.17. The molecule has 29 heavy (non-hydrogen) atoms. The predicted molar refractivity (Wildman–Crippen MR) is 104 cm³/mol. The minimum atomic E-state index is -1.55. The lowest BCUT2D eigenvalue weighted by atomic mass is 9.98. The molecule has 0 fully saturated rings. The summed E-state index contributed by atoms with van der Waals surface area (Å²) in [6, 6.07) is 6.00. The number of ether oxygens (including phenoxy) is 2. The molecule has 1 aliphatic rings. The number of hydrogen-bond acceptors (Lipinski definition) is 7. The van der Waals surface area contributed by atoms with E-state index in [0.29, 0.717) is 11.1 Å². The minimum absolute atomic E-state index is 0.0778. The summed E-state index contributed by atoms with van der Waals surface area (Å²) in [6.07, 6.45) is 8.57. The Labute approximate surface area is 168 Å². The van der Waals surface area contributed by atoms with Gasteiger partial charge in [-0.15, -0.1) is 0 Å². The van der Waals surface area contributed by atoms with E-state index in [0.717, 1.165) is 0 Å². The molecule has 1 aliphatic carbocycles. The maximum absolute atomic E-state index is 12.2. The quantitative estimate of drug-likeness (QED) is 0.180. The number of aliphatic hydroxyl groups is 1. The third-order valence-corrected chi connectivity index (χ3v) is 4.26. The van der Waals surface area contributed by atoms with Crippen molar-refractivity contribution in [2.24, 2.45) is 0 Å². The Morgan fingerprint density at radius 2 is 2.10 bits per heavy atom. The highest BCUT2D eigenvalue weighted by atomic mass is 16.6. The summed E-state index contributed by atoms with van der Waals surface area (Å²) in [5, 5.41) is 40.8. The number of aromatic hydroxyl groups is 2. The van der Waals surface area contributed by atoms with E-state index in [9.17, 15) is 25.4 Å². The lowest BCUT2D eigenvalue weighted by molar-refractivity contribution is -0.202. The molecule has 0 aromatic heterocycles. The van der Waals surface area contributed by atoms with Crippen molar-refractivity contribution in [1.82, 2.24) is 5.32 Å². The van der Waals surface area contributed by atoms with Crippen LogP contribution in [-0.4, -0.2) is 47.3 Å². The Morgan fingerprint density at radius 1 is 1.34 bits per heavy atom. The molecule has 0 spiro atoms. The maximum atomic E-state index is 12.2. The number of phenolic OH excluding ortho intramolecular Hbond substituents is 2. The van der Waals surface area contributed by atoms with E-state index in [4.69, 9.17) is 9.47 Å². The number of methoxy groups -OCH3 is 2. The number of allylic oxidation sites excluding steroid dienone is 5. The minimum Gasteiger partial charge on any atom is -0.504 e. The average molecular weight is 398 g/mol. The molecule has 8 nitrogen and oxygen atoms in total. The van der Waals surface area contributed by atoms with Crippen LogP contribution in [0.3, 0.4) is 0 Å². The number of nitrogens with one attached hydrogen (secondary N) is 1. The van der Waals surface area contributed by atoms with Gasteiger partial charge in [-0.2, -0.15) is 5.26 Å². The third kappa shape index (κ3) is 5.56. The summed E-state index contributed by atoms with van der Waals surface area (Å²) < 4.78 is 10.2. The van der Waals surface area contributed by atoms with E-state index in [1.807, 2.05) is 6.07 Å². The van der Waals surface area contributed by atoms with Gasteiger partial charge in [0.2, 0.25) is 5.79 Å². The SMILES string of the molecule is COC1C=C(C=CC=C(C#N)C(=O)NCc2ccc(O)c(O)c2)C=CC1(O)OC. The number of amides is 1. The number of nitrogens with zero attached hydrogens (tertiary/aromatic N) is 1. The Bertz CT molecular complexity index is 926. The van der Waals surface area contributed by atoms with Crippen molar-refractivity contribution in [2.45, 2.75) is 18.4 Å². The summed E-state index contributed by atoms with van der Waals surface area (Å²) >= 11 is 0. The van der Waals surface area contributed by atoms with Gasteiger partial charge >= 0.3 is 0 Å². The van der Waals surface area contributed by atoms with E-state index in [1.54, 1.807) is 24.3 Å². The number of carbonyl (C=O) groups excluding carboxylic acids is 1. The van der Waals surface area contributed by atoms with Crippen LogP contribution in [0.15, 0.2) is 65.8 Å². The molecule has 2 rings (SSSR count). The molecule has 8 heteroatoms. The smallest absolute Gasteiger partial charge is 0.262 e. The van der Waals surface area contributed by atoms with Crippen LogP contribution in [0.1, 0.15) is 5.56 Å². The van der Waals surface area contributed by atoms with E-state index >= 15 is 0 Å². The van der Waals surface area contributed by atoms with Crippen LogP contribution in [0.25, 0.3) is 0 Å². The van der Waals surface area contributed by atoms with E-state index < -0.39 is 17.8 Å². The Kier molecular flexibility index (Phi) is 7.33. The van der Waals surface area contributed by atoms with E-state index in [1.165, 1.54) is 44.6 Å². The zero-order chi connectivity index (χ0) is 21.4. The zero-order valence-electron chi connectivity index (χ0n) is 16.0. The molecule has 1 aromatic carbocycles. The molecule has 0 aliphatic heterocycles. The van der Waals surface area contributed by atoms with Gasteiger partial charge in [-0.25, -0.2) is 0 Å². The summed E-state index contributed by atoms with van der Waals surface area (Å²) in [6.45, 7) is 0.0778. The average Bonchev–Trinajstić information content (AvgIpc) is 2.73. The molecule has 2 unspecified atom stereocenters. The van der Waals surface area contributed by atoms with E-state index in [-0.39, 0.29) is 23.6 Å². The molecule has 1 aromatic rings. The van der Waals surface area contributed by atoms with Crippen molar-refractivity contribution >= 4 is 5.91 Å². The van der Waals surface area contributed by atoms with Gasteiger partial charge in [-0.1, -0.05) is 24.3 Å². The normalized spacial score (nSPS) is 21.7. The number of rotatable bonds is 7. The zero-order valence-corrected chi connectivity index (χ0v) is 16.0. The predicted octanol–water partition coefficient (Wildman–Crippen LogP) is 1.57. The third-order valence-electron chi connectivity index (χ3n) is 4.26. The van der Waals surface area contributed by atoms with Gasteiger partial charge in [-0.3, -0.25) is 4.79 Å².